The molecule has 0 aliphatic rings. The Balaban J connectivity index is 2.38. The van der Waals surface area contributed by atoms with Gasteiger partial charge in [0.15, 0.2) is 5.65 Å². The highest BCUT2D eigenvalue weighted by Gasteiger charge is 2.14. The van der Waals surface area contributed by atoms with E-state index >= 15 is 0 Å². The van der Waals surface area contributed by atoms with Crippen molar-refractivity contribution in [3.05, 3.63) is 45.5 Å². The van der Waals surface area contributed by atoms with Gasteiger partial charge in [0.1, 0.15) is 5.52 Å². The van der Waals surface area contributed by atoms with Gasteiger partial charge in [0.25, 0.3) is 0 Å². The van der Waals surface area contributed by atoms with Gasteiger partial charge in [0.05, 0.1) is 10.7 Å². The molecular weight excluding hydrogens is 328 g/mol. The van der Waals surface area contributed by atoms with Crippen LogP contribution in [0.5, 0.6) is 0 Å². The van der Waals surface area contributed by atoms with E-state index < -0.39 is 0 Å². The van der Waals surface area contributed by atoms with Gasteiger partial charge < -0.3 is 5.73 Å². The van der Waals surface area contributed by atoms with E-state index in [9.17, 15) is 0 Å². The smallest absolute Gasteiger partial charge is 0.207 e. The number of anilines is 1. The van der Waals surface area contributed by atoms with Crippen LogP contribution in [0.3, 0.4) is 0 Å². The van der Waals surface area contributed by atoms with Crippen molar-refractivity contribution in [1.82, 2.24) is 14.5 Å². The molecule has 19 heavy (non-hydrogen) atoms. The van der Waals surface area contributed by atoms with Gasteiger partial charge in [-0.1, -0.05) is 27.5 Å². The lowest BCUT2D eigenvalue weighted by Gasteiger charge is -2.08. The maximum atomic E-state index is 6.25. The van der Waals surface area contributed by atoms with Gasteiger partial charge in [0.2, 0.25) is 5.95 Å². The maximum absolute atomic E-state index is 6.25. The second-order valence-electron chi connectivity index (χ2n) is 4.20. The summed E-state index contributed by atoms with van der Waals surface area (Å²) in [5.74, 6) is 0.369. The topological polar surface area (TPSA) is 56.7 Å². The highest BCUT2D eigenvalue weighted by molar-refractivity contribution is 9.10. The summed E-state index contributed by atoms with van der Waals surface area (Å²) in [4.78, 5) is 8.80. The van der Waals surface area contributed by atoms with Crippen molar-refractivity contribution in [3.63, 3.8) is 0 Å². The largest absolute Gasteiger partial charge is 0.369 e. The van der Waals surface area contributed by atoms with Crippen molar-refractivity contribution in [3.8, 4) is 5.69 Å². The molecule has 3 aromatic rings. The zero-order valence-electron chi connectivity index (χ0n) is 10.1. The molecule has 4 nitrogen and oxygen atoms in total. The third-order valence-electron chi connectivity index (χ3n) is 2.82. The Morgan fingerprint density at radius 3 is 2.79 bits per heavy atom. The van der Waals surface area contributed by atoms with E-state index in [-0.39, 0.29) is 0 Å². The SMILES string of the molecule is Cc1ccc2nc(N)n(-c3cc(Br)ccc3Cl)c2n1. The Morgan fingerprint density at radius 2 is 2.00 bits per heavy atom. The summed E-state index contributed by atoms with van der Waals surface area (Å²) in [7, 11) is 0. The van der Waals surface area contributed by atoms with E-state index in [0.717, 1.165) is 21.4 Å². The molecule has 2 aromatic heterocycles. The first-order valence-corrected chi connectivity index (χ1v) is 6.80. The van der Waals surface area contributed by atoms with E-state index in [1.807, 2.05) is 37.3 Å². The number of nitrogens with two attached hydrogens (primary N) is 1. The Labute approximate surface area is 123 Å². The second kappa shape index (κ2) is 4.51. The monoisotopic (exact) mass is 336 g/mol. The summed E-state index contributed by atoms with van der Waals surface area (Å²) < 4.78 is 2.68. The summed E-state index contributed by atoms with van der Waals surface area (Å²) in [6.45, 7) is 1.93. The molecule has 0 aliphatic heterocycles. The highest BCUT2D eigenvalue weighted by Crippen LogP contribution is 2.29. The lowest BCUT2D eigenvalue weighted by atomic mass is 10.3. The molecule has 96 valence electrons. The summed E-state index contributed by atoms with van der Waals surface area (Å²) in [6, 6.07) is 9.38. The van der Waals surface area contributed by atoms with Gasteiger partial charge >= 0.3 is 0 Å². The van der Waals surface area contributed by atoms with Crippen molar-refractivity contribution in [2.45, 2.75) is 6.92 Å². The predicted molar refractivity (Wildman–Crippen MR) is 80.7 cm³/mol. The average Bonchev–Trinajstić information content (AvgIpc) is 2.68. The normalized spacial score (nSPS) is 11.1. The number of halogens is 2. The molecule has 0 aliphatic carbocycles. The van der Waals surface area contributed by atoms with Gasteiger partial charge in [-0.2, -0.15) is 0 Å². The van der Waals surface area contributed by atoms with E-state index in [4.69, 9.17) is 17.3 Å². The van der Waals surface area contributed by atoms with Crippen LogP contribution in [-0.4, -0.2) is 14.5 Å². The molecule has 1 aromatic carbocycles. The van der Waals surface area contributed by atoms with Gasteiger partial charge in [0, 0.05) is 10.2 Å². The quantitative estimate of drug-likeness (QED) is 0.736. The van der Waals surface area contributed by atoms with Crippen LogP contribution in [0.25, 0.3) is 16.9 Å². The zero-order valence-corrected chi connectivity index (χ0v) is 12.4. The van der Waals surface area contributed by atoms with E-state index in [1.54, 1.807) is 4.57 Å². The number of hydrogen-bond donors (Lipinski definition) is 1. The Kier molecular flexibility index (Phi) is 2.95. The number of rotatable bonds is 1. The number of aromatic nitrogens is 3. The van der Waals surface area contributed by atoms with Crippen molar-refractivity contribution >= 4 is 44.6 Å². The molecule has 3 rings (SSSR count). The van der Waals surface area contributed by atoms with E-state index in [0.29, 0.717) is 16.6 Å². The minimum Gasteiger partial charge on any atom is -0.369 e. The lowest BCUT2D eigenvalue weighted by molar-refractivity contribution is 1.07. The molecule has 0 saturated carbocycles. The number of nitrogen functional groups attached to an aromatic ring is 1. The van der Waals surface area contributed by atoms with Crippen molar-refractivity contribution in [2.75, 3.05) is 5.73 Å². The van der Waals surface area contributed by atoms with Crippen molar-refractivity contribution in [1.29, 1.82) is 0 Å². The Morgan fingerprint density at radius 1 is 1.21 bits per heavy atom. The molecular formula is C13H10BrClN4. The Hall–Kier alpha value is -1.59. The first-order valence-electron chi connectivity index (χ1n) is 5.63. The minimum absolute atomic E-state index is 0.369. The fourth-order valence-corrected chi connectivity index (χ4v) is 2.52. The molecule has 2 heterocycles. The Bertz CT molecular complexity index is 782. The molecule has 0 bridgehead atoms. The van der Waals surface area contributed by atoms with Crippen molar-refractivity contribution < 1.29 is 0 Å². The molecule has 6 heteroatoms. The number of imidazole rings is 1. The minimum atomic E-state index is 0.369. The maximum Gasteiger partial charge on any atom is 0.207 e. The van der Waals surface area contributed by atoms with Crippen LogP contribution < -0.4 is 5.73 Å². The molecule has 0 amide bonds. The lowest BCUT2D eigenvalue weighted by Crippen LogP contribution is -2.02. The molecule has 0 atom stereocenters. The van der Waals surface area contributed by atoms with Crippen LogP contribution in [0.2, 0.25) is 5.02 Å². The van der Waals surface area contributed by atoms with E-state index in [1.165, 1.54) is 0 Å². The summed E-state index contributed by atoms with van der Waals surface area (Å²) in [6.07, 6.45) is 0. The molecule has 2 N–H and O–H groups in total. The van der Waals surface area contributed by atoms with Crippen molar-refractivity contribution in [2.24, 2.45) is 0 Å². The predicted octanol–water partition coefficient (Wildman–Crippen LogP) is 3.73. The second-order valence-corrected chi connectivity index (χ2v) is 5.52. The average molecular weight is 338 g/mol. The van der Waals surface area contributed by atoms with Crippen LogP contribution in [0, 0.1) is 6.92 Å². The van der Waals surface area contributed by atoms with Gasteiger partial charge in [-0.25, -0.2) is 9.97 Å². The number of aryl methyl sites for hydroxylation is 1. The van der Waals surface area contributed by atoms with Crippen LogP contribution >= 0.6 is 27.5 Å². The highest BCUT2D eigenvalue weighted by atomic mass is 79.9. The van der Waals surface area contributed by atoms with Crippen LogP contribution in [0.4, 0.5) is 5.95 Å². The summed E-state index contributed by atoms with van der Waals surface area (Å²) >= 11 is 9.68. The number of hydrogen-bond acceptors (Lipinski definition) is 3. The standard InChI is InChI=1S/C13H10BrClN4/c1-7-2-5-10-12(17-7)19(13(16)18-10)11-6-8(14)3-4-9(11)15/h2-6H,1H3,(H2,16,18). The number of pyridine rings is 1. The van der Waals surface area contributed by atoms with Crippen LogP contribution in [0.1, 0.15) is 5.69 Å². The van der Waals surface area contributed by atoms with Crippen LogP contribution in [0.15, 0.2) is 34.8 Å². The van der Waals surface area contributed by atoms with Gasteiger partial charge in [-0.3, -0.25) is 4.57 Å². The fourth-order valence-electron chi connectivity index (χ4n) is 1.96. The number of benzene rings is 1. The molecule has 0 fully saturated rings. The van der Waals surface area contributed by atoms with Crippen LogP contribution in [-0.2, 0) is 0 Å². The summed E-state index contributed by atoms with van der Waals surface area (Å²) in [5, 5.41) is 0.595. The molecule has 0 saturated heterocycles. The summed E-state index contributed by atoms with van der Waals surface area (Å²) in [5.41, 5.74) is 9.11. The zero-order chi connectivity index (χ0) is 13.6. The number of nitrogens with zero attached hydrogens (tertiary/aromatic N) is 3. The molecule has 0 unspecified atom stereocenters. The molecule has 0 spiro atoms. The first kappa shape index (κ1) is 12.4. The number of fused-ring (bicyclic) bond motifs is 1. The molecule has 0 radical (unpaired) electrons. The van der Waals surface area contributed by atoms with E-state index in [2.05, 4.69) is 25.9 Å². The third-order valence-corrected chi connectivity index (χ3v) is 3.63. The van der Waals surface area contributed by atoms with Gasteiger partial charge in [-0.15, -0.1) is 0 Å². The fraction of sp³-hybridized carbons (Fsp3) is 0.0769. The first-order chi connectivity index (χ1) is 9.06. The van der Waals surface area contributed by atoms with Gasteiger partial charge in [-0.05, 0) is 37.3 Å². The third kappa shape index (κ3) is 2.09.